The molecule has 0 spiro atoms. The molecule has 0 bridgehead atoms. The molecule has 3 aromatic rings. The Morgan fingerprint density at radius 3 is 2.79 bits per heavy atom. The first-order chi connectivity index (χ1) is 16.5. The maximum atomic E-state index is 12.2. The van der Waals surface area contributed by atoms with E-state index in [4.69, 9.17) is 16.3 Å². The predicted octanol–water partition coefficient (Wildman–Crippen LogP) is 4.39. The summed E-state index contributed by atoms with van der Waals surface area (Å²) in [5.74, 6) is 0.709. The number of ether oxygens (including phenoxy) is 1. The SMILES string of the molecule is CNC(=O)c1scc(C)c1Nc1nc(Nc2ccc3c(c2)CCN(CCOC)CC3)ncc1Cl. The Hall–Kier alpha value is -2.72. The topological polar surface area (TPSA) is 91.4 Å². The number of amides is 1. The van der Waals surface area contributed by atoms with Gasteiger partial charge in [-0.2, -0.15) is 4.98 Å². The van der Waals surface area contributed by atoms with Crippen molar-refractivity contribution in [1.82, 2.24) is 20.2 Å². The zero-order valence-electron chi connectivity index (χ0n) is 19.6. The van der Waals surface area contributed by atoms with Crippen LogP contribution in [0.4, 0.5) is 23.1 Å². The maximum Gasteiger partial charge on any atom is 0.263 e. The van der Waals surface area contributed by atoms with Gasteiger partial charge < -0.3 is 25.6 Å². The molecule has 1 aromatic carbocycles. The molecule has 0 radical (unpaired) electrons. The summed E-state index contributed by atoms with van der Waals surface area (Å²) in [6.45, 7) is 5.70. The van der Waals surface area contributed by atoms with Gasteiger partial charge in [0.2, 0.25) is 5.95 Å². The van der Waals surface area contributed by atoms with Gasteiger partial charge in [0.25, 0.3) is 5.91 Å². The van der Waals surface area contributed by atoms with Gasteiger partial charge in [-0.1, -0.05) is 17.7 Å². The number of carbonyl (C=O) groups excluding carboxylic acids is 1. The summed E-state index contributed by atoms with van der Waals surface area (Å²) in [6.07, 6.45) is 3.57. The second-order valence-corrected chi connectivity index (χ2v) is 9.45. The number of thiophene rings is 1. The number of benzene rings is 1. The number of anilines is 4. The molecule has 2 aromatic heterocycles. The number of fused-ring (bicyclic) bond motifs is 1. The van der Waals surface area contributed by atoms with Crippen LogP contribution in [-0.2, 0) is 17.6 Å². The highest BCUT2D eigenvalue weighted by Crippen LogP contribution is 2.33. The third-order valence-electron chi connectivity index (χ3n) is 5.86. The maximum absolute atomic E-state index is 12.2. The summed E-state index contributed by atoms with van der Waals surface area (Å²) in [4.78, 5) is 24.2. The van der Waals surface area contributed by atoms with Crippen LogP contribution in [0.1, 0.15) is 26.4 Å². The normalized spacial score (nSPS) is 13.8. The fourth-order valence-electron chi connectivity index (χ4n) is 3.94. The van der Waals surface area contributed by atoms with Gasteiger partial charge in [0.15, 0.2) is 5.82 Å². The first kappa shape index (κ1) is 24.4. The standard InChI is InChI=1S/C24H29ClN6O2S/c1-15-14-34-21(23(32)26-2)20(15)29-22-19(25)13-27-24(30-22)28-18-5-4-16-6-8-31(10-11-33-3)9-7-17(16)12-18/h4-5,12-14H,6-11H2,1-3H3,(H,26,32)(H2,27,28,29,30). The second kappa shape index (κ2) is 11.1. The Labute approximate surface area is 208 Å². The lowest BCUT2D eigenvalue weighted by molar-refractivity contribution is 0.0968. The average molecular weight is 501 g/mol. The Kier molecular flexibility index (Phi) is 7.99. The molecular weight excluding hydrogens is 472 g/mol. The van der Waals surface area contributed by atoms with Crippen molar-refractivity contribution in [3.8, 4) is 0 Å². The van der Waals surface area contributed by atoms with Crippen molar-refractivity contribution < 1.29 is 9.53 Å². The number of aromatic nitrogens is 2. The summed E-state index contributed by atoms with van der Waals surface area (Å²) in [6, 6.07) is 6.41. The van der Waals surface area contributed by atoms with Crippen molar-refractivity contribution in [3.05, 3.63) is 56.4 Å². The average Bonchev–Trinajstić information content (AvgIpc) is 3.08. The van der Waals surface area contributed by atoms with E-state index in [1.165, 1.54) is 22.5 Å². The third-order valence-corrected chi connectivity index (χ3v) is 7.24. The first-order valence-corrected chi connectivity index (χ1v) is 12.4. The zero-order valence-corrected chi connectivity index (χ0v) is 21.1. The van der Waals surface area contributed by atoms with Gasteiger partial charge in [-0.15, -0.1) is 11.3 Å². The molecule has 1 aliphatic heterocycles. The van der Waals surface area contributed by atoms with Crippen LogP contribution in [0.3, 0.4) is 0 Å². The number of halogens is 1. The molecule has 0 aliphatic carbocycles. The Morgan fingerprint density at radius 1 is 1.24 bits per heavy atom. The van der Waals surface area contributed by atoms with Crippen molar-refractivity contribution >= 4 is 52.0 Å². The summed E-state index contributed by atoms with van der Waals surface area (Å²) < 4.78 is 5.23. The van der Waals surface area contributed by atoms with Crippen LogP contribution < -0.4 is 16.0 Å². The van der Waals surface area contributed by atoms with Crippen molar-refractivity contribution in [3.63, 3.8) is 0 Å². The molecule has 0 atom stereocenters. The minimum atomic E-state index is -0.158. The molecule has 3 heterocycles. The Balaban J connectivity index is 1.50. The highest BCUT2D eigenvalue weighted by molar-refractivity contribution is 7.12. The number of hydrogen-bond donors (Lipinski definition) is 3. The summed E-state index contributed by atoms with van der Waals surface area (Å²) in [5.41, 5.74) is 5.27. The van der Waals surface area contributed by atoms with Gasteiger partial charge in [0, 0.05) is 39.5 Å². The smallest absolute Gasteiger partial charge is 0.263 e. The highest BCUT2D eigenvalue weighted by atomic mass is 35.5. The van der Waals surface area contributed by atoms with E-state index in [1.807, 2.05) is 12.3 Å². The van der Waals surface area contributed by atoms with Crippen LogP contribution in [0.15, 0.2) is 29.8 Å². The van der Waals surface area contributed by atoms with E-state index in [9.17, 15) is 4.79 Å². The molecule has 4 rings (SSSR count). The summed E-state index contributed by atoms with van der Waals surface area (Å²) in [7, 11) is 3.35. The van der Waals surface area contributed by atoms with E-state index in [0.29, 0.717) is 27.4 Å². The highest BCUT2D eigenvalue weighted by Gasteiger charge is 2.18. The molecule has 34 heavy (non-hydrogen) atoms. The molecule has 10 heteroatoms. The largest absolute Gasteiger partial charge is 0.383 e. The molecular formula is C24H29ClN6O2S. The van der Waals surface area contributed by atoms with Crippen LogP contribution in [0.2, 0.25) is 5.02 Å². The second-order valence-electron chi connectivity index (χ2n) is 8.16. The number of aryl methyl sites for hydroxylation is 1. The number of nitrogens with one attached hydrogen (secondary N) is 3. The molecule has 3 N–H and O–H groups in total. The molecule has 0 saturated heterocycles. The van der Waals surface area contributed by atoms with Crippen LogP contribution in [0.25, 0.3) is 0 Å². The monoisotopic (exact) mass is 500 g/mol. The van der Waals surface area contributed by atoms with Gasteiger partial charge in [-0.05, 0) is 54.0 Å². The molecule has 1 amide bonds. The van der Waals surface area contributed by atoms with Crippen LogP contribution in [-0.4, -0.2) is 61.2 Å². The number of methoxy groups -OCH3 is 1. The first-order valence-electron chi connectivity index (χ1n) is 11.2. The predicted molar refractivity (Wildman–Crippen MR) is 138 cm³/mol. The lowest BCUT2D eigenvalue weighted by Gasteiger charge is -2.18. The quantitative estimate of drug-likeness (QED) is 0.422. The lowest BCUT2D eigenvalue weighted by atomic mass is 10.0. The number of carbonyl (C=O) groups is 1. The molecule has 8 nitrogen and oxygen atoms in total. The Bertz CT molecular complexity index is 1170. The van der Waals surface area contributed by atoms with Crippen molar-refractivity contribution in [2.24, 2.45) is 0 Å². The van der Waals surface area contributed by atoms with Crippen molar-refractivity contribution in [1.29, 1.82) is 0 Å². The van der Waals surface area contributed by atoms with Crippen LogP contribution in [0.5, 0.6) is 0 Å². The number of hydrogen-bond acceptors (Lipinski definition) is 8. The minimum Gasteiger partial charge on any atom is -0.383 e. The van der Waals surface area contributed by atoms with Gasteiger partial charge in [0.05, 0.1) is 18.5 Å². The van der Waals surface area contributed by atoms with Crippen molar-refractivity contribution in [2.45, 2.75) is 19.8 Å². The van der Waals surface area contributed by atoms with Gasteiger partial charge in [-0.3, -0.25) is 4.79 Å². The van der Waals surface area contributed by atoms with Crippen LogP contribution >= 0.6 is 22.9 Å². The molecule has 1 aliphatic rings. The lowest BCUT2D eigenvalue weighted by Crippen LogP contribution is -2.29. The number of nitrogens with zero attached hydrogens (tertiary/aromatic N) is 3. The molecule has 0 unspecified atom stereocenters. The van der Waals surface area contributed by atoms with E-state index in [2.05, 4.69) is 49.0 Å². The van der Waals surface area contributed by atoms with Gasteiger partial charge in [-0.25, -0.2) is 4.98 Å². The van der Waals surface area contributed by atoms with E-state index in [1.54, 1.807) is 20.4 Å². The van der Waals surface area contributed by atoms with E-state index in [-0.39, 0.29) is 5.91 Å². The van der Waals surface area contributed by atoms with Gasteiger partial charge >= 0.3 is 0 Å². The van der Waals surface area contributed by atoms with E-state index in [0.717, 1.165) is 50.3 Å². The molecule has 0 fully saturated rings. The van der Waals surface area contributed by atoms with Crippen molar-refractivity contribution in [2.75, 3.05) is 51.0 Å². The van der Waals surface area contributed by atoms with E-state index >= 15 is 0 Å². The fraction of sp³-hybridized carbons (Fsp3) is 0.375. The third kappa shape index (κ3) is 5.67. The Morgan fingerprint density at radius 2 is 2.03 bits per heavy atom. The summed E-state index contributed by atoms with van der Waals surface area (Å²) in [5, 5.41) is 11.5. The molecule has 0 saturated carbocycles. The van der Waals surface area contributed by atoms with Crippen LogP contribution in [0, 0.1) is 6.92 Å². The van der Waals surface area contributed by atoms with Gasteiger partial charge in [0.1, 0.15) is 9.90 Å². The van der Waals surface area contributed by atoms with E-state index < -0.39 is 0 Å². The number of rotatable bonds is 8. The molecule has 180 valence electrons. The summed E-state index contributed by atoms with van der Waals surface area (Å²) >= 11 is 7.74. The zero-order chi connectivity index (χ0) is 24.1. The fourth-order valence-corrected chi connectivity index (χ4v) is 5.03. The minimum absolute atomic E-state index is 0.158.